The number of aromatic nitrogens is 2. The van der Waals surface area contributed by atoms with Crippen LogP contribution in [0.4, 0.5) is 17.6 Å². The molecule has 0 aliphatic carbocycles. The summed E-state index contributed by atoms with van der Waals surface area (Å²) >= 11 is 0. The molecule has 0 fully saturated rings. The van der Waals surface area contributed by atoms with Gasteiger partial charge in [-0.05, 0) is 42.2 Å². The van der Waals surface area contributed by atoms with Crippen molar-refractivity contribution in [2.45, 2.75) is 51.1 Å². The summed E-state index contributed by atoms with van der Waals surface area (Å²) < 4.78 is 60.9. The minimum absolute atomic E-state index is 0.229. The van der Waals surface area contributed by atoms with Crippen LogP contribution in [0.1, 0.15) is 37.1 Å². The second-order valence-electron chi connectivity index (χ2n) is 8.33. The third kappa shape index (κ3) is 4.67. The number of aryl methyl sites for hydroxylation is 1. The quantitative estimate of drug-likeness (QED) is 0.368. The molecule has 5 nitrogen and oxygen atoms in total. The number of hydrogen-bond donors (Lipinski definition) is 3. The molecule has 0 amide bonds. The summed E-state index contributed by atoms with van der Waals surface area (Å²) in [6.07, 6.45) is -2.49. The van der Waals surface area contributed by atoms with Crippen molar-refractivity contribution in [3.8, 4) is 5.75 Å². The van der Waals surface area contributed by atoms with Gasteiger partial charge in [-0.15, -0.1) is 0 Å². The van der Waals surface area contributed by atoms with Crippen LogP contribution in [0.25, 0.3) is 10.9 Å². The average Bonchev–Trinajstić information content (AvgIpc) is 3.10. The first-order chi connectivity index (χ1) is 14.4. The number of aliphatic hydroxyl groups is 1. The molecule has 2 aromatic heterocycles. The molecular formula is C22H25F4N3O2. The van der Waals surface area contributed by atoms with Gasteiger partial charge in [0.1, 0.15) is 11.6 Å². The molecule has 168 valence electrons. The highest BCUT2D eigenvalue weighted by Gasteiger charge is 2.56. The van der Waals surface area contributed by atoms with E-state index in [4.69, 9.17) is 4.74 Å². The zero-order valence-electron chi connectivity index (χ0n) is 17.7. The molecule has 0 saturated heterocycles. The minimum Gasteiger partial charge on any atom is -0.496 e. The van der Waals surface area contributed by atoms with Crippen LogP contribution in [-0.2, 0) is 12.0 Å². The van der Waals surface area contributed by atoms with Gasteiger partial charge >= 0.3 is 6.18 Å². The molecule has 0 aliphatic heterocycles. The number of nitrogens with zero attached hydrogens (tertiary/aromatic N) is 1. The molecule has 0 aliphatic rings. The fourth-order valence-electron chi connectivity index (χ4n) is 3.79. The van der Waals surface area contributed by atoms with Crippen molar-refractivity contribution in [3.63, 3.8) is 0 Å². The van der Waals surface area contributed by atoms with Gasteiger partial charge in [-0.1, -0.05) is 13.8 Å². The molecule has 0 bridgehead atoms. The van der Waals surface area contributed by atoms with E-state index in [1.165, 1.54) is 33.1 Å². The second-order valence-corrected chi connectivity index (χ2v) is 8.33. The number of fused-ring (bicyclic) bond motifs is 1. The molecule has 3 N–H and O–H groups in total. The van der Waals surface area contributed by atoms with Gasteiger partial charge in [0.25, 0.3) is 0 Å². The Labute approximate surface area is 177 Å². The van der Waals surface area contributed by atoms with E-state index in [9.17, 15) is 22.7 Å². The second kappa shape index (κ2) is 8.12. The summed E-state index contributed by atoms with van der Waals surface area (Å²) in [6, 6.07) is 5.37. The van der Waals surface area contributed by atoms with Gasteiger partial charge in [-0.25, -0.2) is 4.39 Å². The van der Waals surface area contributed by atoms with E-state index in [-0.39, 0.29) is 17.9 Å². The predicted octanol–water partition coefficient (Wildman–Crippen LogP) is 4.73. The molecule has 9 heteroatoms. The lowest BCUT2D eigenvalue weighted by molar-refractivity contribution is -0.280. The van der Waals surface area contributed by atoms with Gasteiger partial charge in [-0.2, -0.15) is 13.2 Å². The first-order valence-corrected chi connectivity index (χ1v) is 9.67. The van der Waals surface area contributed by atoms with Crippen LogP contribution in [0.15, 0.2) is 36.7 Å². The third-order valence-electron chi connectivity index (χ3n) is 5.43. The molecule has 3 aromatic rings. The summed E-state index contributed by atoms with van der Waals surface area (Å²) in [6.45, 7) is 4.59. The van der Waals surface area contributed by atoms with Crippen LogP contribution < -0.4 is 10.1 Å². The zero-order chi connectivity index (χ0) is 23.0. The van der Waals surface area contributed by atoms with E-state index in [0.29, 0.717) is 11.2 Å². The number of ether oxygens (including phenoxy) is 1. The monoisotopic (exact) mass is 439 g/mol. The van der Waals surface area contributed by atoms with Crippen molar-refractivity contribution in [2.75, 3.05) is 7.11 Å². The van der Waals surface area contributed by atoms with Crippen molar-refractivity contribution in [1.82, 2.24) is 15.3 Å². The van der Waals surface area contributed by atoms with Crippen LogP contribution in [0.3, 0.4) is 0 Å². The summed E-state index contributed by atoms with van der Waals surface area (Å²) in [5.41, 5.74) is -2.23. The highest BCUT2D eigenvalue weighted by molar-refractivity contribution is 5.82. The Balaban J connectivity index is 1.89. The number of halogens is 4. The molecule has 1 aromatic carbocycles. The first kappa shape index (κ1) is 23.0. The molecule has 0 radical (unpaired) electrons. The van der Waals surface area contributed by atoms with E-state index in [0.717, 1.165) is 17.0 Å². The number of hydrogen-bond acceptors (Lipinski definition) is 4. The highest BCUT2D eigenvalue weighted by atomic mass is 19.4. The molecule has 1 unspecified atom stereocenters. The lowest BCUT2D eigenvalue weighted by Crippen LogP contribution is -2.59. The van der Waals surface area contributed by atoms with Crippen LogP contribution in [-0.4, -0.2) is 34.1 Å². The highest BCUT2D eigenvalue weighted by Crippen LogP contribution is 2.42. The Bertz CT molecular complexity index is 1080. The van der Waals surface area contributed by atoms with Crippen molar-refractivity contribution in [1.29, 1.82) is 0 Å². The average molecular weight is 439 g/mol. The van der Waals surface area contributed by atoms with Crippen molar-refractivity contribution >= 4 is 10.9 Å². The van der Waals surface area contributed by atoms with E-state index in [1.54, 1.807) is 18.5 Å². The number of pyridine rings is 1. The smallest absolute Gasteiger partial charge is 0.431 e. The fourth-order valence-corrected chi connectivity index (χ4v) is 3.79. The maximum atomic E-state index is 13.9. The molecule has 31 heavy (non-hydrogen) atoms. The molecule has 0 saturated carbocycles. The van der Waals surface area contributed by atoms with Crippen molar-refractivity contribution in [3.05, 3.63) is 59.3 Å². The van der Waals surface area contributed by atoms with Gasteiger partial charge in [0.2, 0.25) is 5.72 Å². The summed E-state index contributed by atoms with van der Waals surface area (Å²) in [5, 5.41) is 13.8. The lowest BCUT2D eigenvalue weighted by Gasteiger charge is -2.38. The lowest BCUT2D eigenvalue weighted by atomic mass is 9.77. The van der Waals surface area contributed by atoms with E-state index in [2.05, 4.69) is 15.3 Å². The van der Waals surface area contributed by atoms with Gasteiger partial charge in [0, 0.05) is 35.8 Å². The number of methoxy groups -OCH3 is 1. The normalized spacial score (nSPS) is 14.6. The Kier molecular flexibility index (Phi) is 6.03. The maximum absolute atomic E-state index is 13.9. The Morgan fingerprint density at radius 1 is 1.16 bits per heavy atom. The summed E-state index contributed by atoms with van der Waals surface area (Å²) in [7, 11) is 1.35. The van der Waals surface area contributed by atoms with Crippen LogP contribution in [0.2, 0.25) is 0 Å². The zero-order valence-corrected chi connectivity index (χ0v) is 17.7. The third-order valence-corrected chi connectivity index (χ3v) is 5.43. The van der Waals surface area contributed by atoms with Crippen molar-refractivity contribution < 1.29 is 27.4 Å². The maximum Gasteiger partial charge on any atom is 0.431 e. The van der Waals surface area contributed by atoms with Crippen LogP contribution in [0, 0.1) is 12.7 Å². The van der Waals surface area contributed by atoms with Crippen LogP contribution >= 0.6 is 0 Å². The summed E-state index contributed by atoms with van der Waals surface area (Å²) in [5.74, 6) is -0.357. The van der Waals surface area contributed by atoms with Crippen molar-refractivity contribution in [2.24, 2.45) is 0 Å². The minimum atomic E-state index is -4.98. The predicted molar refractivity (Wildman–Crippen MR) is 109 cm³/mol. The van der Waals surface area contributed by atoms with Gasteiger partial charge in [0.15, 0.2) is 0 Å². The number of nitrogens with one attached hydrogen (secondary N) is 2. The van der Waals surface area contributed by atoms with E-state index < -0.39 is 29.6 Å². The fraction of sp³-hybridized carbons (Fsp3) is 0.409. The Hall–Kier alpha value is -2.65. The Morgan fingerprint density at radius 3 is 2.48 bits per heavy atom. The standard InChI is InChI=1S/C22H25F4N3O2/c1-13-9-27-11-18-16(13)8-15(29-18)10-28-21(30,22(24,25)26)12-20(2,3)17-7-14(23)5-6-19(17)31-4/h5-9,11,28-30H,10,12H2,1-4H3. The number of benzene rings is 1. The van der Waals surface area contributed by atoms with Gasteiger partial charge in [0.05, 0.1) is 18.8 Å². The SMILES string of the molecule is COc1ccc(F)cc1C(C)(C)CC(O)(NCc1cc2c(C)cncc2[nH]1)C(F)(F)F. The number of H-pyrrole nitrogens is 1. The Morgan fingerprint density at radius 2 is 1.87 bits per heavy atom. The first-order valence-electron chi connectivity index (χ1n) is 9.67. The summed E-state index contributed by atoms with van der Waals surface area (Å²) in [4.78, 5) is 7.06. The number of aromatic amines is 1. The molecule has 2 heterocycles. The van der Waals surface area contributed by atoms with Crippen LogP contribution in [0.5, 0.6) is 5.75 Å². The van der Waals surface area contributed by atoms with E-state index in [1.807, 2.05) is 6.92 Å². The van der Waals surface area contributed by atoms with Gasteiger partial charge in [-0.3, -0.25) is 10.3 Å². The van der Waals surface area contributed by atoms with Gasteiger partial charge < -0.3 is 14.8 Å². The number of rotatable bonds is 7. The molecule has 0 spiro atoms. The largest absolute Gasteiger partial charge is 0.496 e. The molecule has 1 atom stereocenters. The molecule has 3 rings (SSSR count). The van der Waals surface area contributed by atoms with E-state index >= 15 is 0 Å². The molecular weight excluding hydrogens is 414 g/mol. The topological polar surface area (TPSA) is 70.2 Å². The number of alkyl halides is 3.